The number of hydrogen-bond donors (Lipinski definition) is 1. The second-order valence-electron chi connectivity index (χ2n) is 4.82. The first-order valence-corrected chi connectivity index (χ1v) is 6.54. The van der Waals surface area contributed by atoms with E-state index in [4.69, 9.17) is 0 Å². The van der Waals surface area contributed by atoms with Crippen LogP contribution in [0.3, 0.4) is 0 Å². The van der Waals surface area contributed by atoms with E-state index in [-0.39, 0.29) is 0 Å². The zero-order chi connectivity index (χ0) is 11.7. The fourth-order valence-corrected chi connectivity index (χ4v) is 2.72. The predicted molar refractivity (Wildman–Crippen MR) is 70.3 cm³/mol. The first kappa shape index (κ1) is 10.8. The maximum absolute atomic E-state index is 4.49. The van der Waals surface area contributed by atoms with Crippen molar-refractivity contribution < 1.29 is 0 Å². The summed E-state index contributed by atoms with van der Waals surface area (Å²) in [5.74, 6) is 0.667. The van der Waals surface area contributed by atoms with Crippen LogP contribution < -0.4 is 5.32 Å². The van der Waals surface area contributed by atoms with Crippen molar-refractivity contribution in [3.8, 4) is 0 Å². The van der Waals surface area contributed by atoms with Crippen molar-refractivity contribution in [2.45, 2.75) is 32.2 Å². The van der Waals surface area contributed by atoms with E-state index in [9.17, 15) is 0 Å². The van der Waals surface area contributed by atoms with E-state index < -0.39 is 0 Å². The number of benzene rings is 1. The van der Waals surface area contributed by atoms with Crippen molar-refractivity contribution in [2.75, 3.05) is 13.1 Å². The number of nitrogens with zero attached hydrogens (tertiary/aromatic N) is 2. The molecular formula is C14H19N3. The van der Waals surface area contributed by atoms with E-state index in [1.165, 1.54) is 30.5 Å². The second kappa shape index (κ2) is 4.49. The Bertz CT molecular complexity index is 509. The summed E-state index contributed by atoms with van der Waals surface area (Å²) in [7, 11) is 0. The van der Waals surface area contributed by atoms with Gasteiger partial charge >= 0.3 is 0 Å². The van der Waals surface area contributed by atoms with Gasteiger partial charge in [-0.3, -0.25) is 0 Å². The summed E-state index contributed by atoms with van der Waals surface area (Å²) in [4.78, 5) is 4.49. The molecule has 1 fully saturated rings. The van der Waals surface area contributed by atoms with Gasteiger partial charge in [0.15, 0.2) is 0 Å². The van der Waals surface area contributed by atoms with Gasteiger partial charge in [-0.05, 0) is 49.9 Å². The first-order valence-electron chi connectivity index (χ1n) is 6.54. The molecule has 0 amide bonds. The molecule has 0 radical (unpaired) electrons. The summed E-state index contributed by atoms with van der Waals surface area (Å²) in [6.07, 6.45) is 4.52. The minimum absolute atomic E-state index is 0.667. The molecule has 1 aliphatic rings. The van der Waals surface area contributed by atoms with Gasteiger partial charge in [0.25, 0.3) is 0 Å². The van der Waals surface area contributed by atoms with Crippen LogP contribution in [-0.4, -0.2) is 22.6 Å². The quantitative estimate of drug-likeness (QED) is 0.857. The molecular weight excluding hydrogens is 210 g/mol. The third-order valence-corrected chi connectivity index (χ3v) is 3.75. The van der Waals surface area contributed by atoms with Crippen LogP contribution in [0, 0.1) is 0 Å². The van der Waals surface area contributed by atoms with Crippen molar-refractivity contribution >= 4 is 11.0 Å². The van der Waals surface area contributed by atoms with Gasteiger partial charge in [-0.15, -0.1) is 0 Å². The number of nitrogens with one attached hydrogen (secondary N) is 1. The zero-order valence-electron chi connectivity index (χ0n) is 10.3. The lowest BCUT2D eigenvalue weighted by molar-refractivity contribution is 0.462. The van der Waals surface area contributed by atoms with Crippen molar-refractivity contribution in [3.05, 3.63) is 30.1 Å². The Morgan fingerprint density at radius 2 is 2.41 bits per heavy atom. The molecule has 90 valence electrons. The van der Waals surface area contributed by atoms with Crippen LogP contribution in [-0.2, 0) is 6.54 Å². The third kappa shape index (κ3) is 1.95. The van der Waals surface area contributed by atoms with E-state index in [1.807, 2.05) is 6.33 Å². The molecule has 3 nitrogen and oxygen atoms in total. The van der Waals surface area contributed by atoms with Gasteiger partial charge in [0.05, 0.1) is 17.4 Å². The van der Waals surface area contributed by atoms with Crippen LogP contribution in [0.1, 0.15) is 31.2 Å². The average Bonchev–Trinajstić information content (AvgIpc) is 2.81. The van der Waals surface area contributed by atoms with Gasteiger partial charge in [0.2, 0.25) is 0 Å². The molecule has 0 bridgehead atoms. The van der Waals surface area contributed by atoms with Gasteiger partial charge in [-0.1, -0.05) is 6.07 Å². The molecule has 1 saturated heterocycles. The number of aromatic nitrogens is 2. The summed E-state index contributed by atoms with van der Waals surface area (Å²) < 4.78 is 2.19. The Hall–Kier alpha value is -1.35. The molecule has 1 atom stereocenters. The Balaban J connectivity index is 1.95. The van der Waals surface area contributed by atoms with Crippen LogP contribution in [0.15, 0.2) is 24.5 Å². The minimum Gasteiger partial charge on any atom is -0.331 e. The highest BCUT2D eigenvalue weighted by Crippen LogP contribution is 2.26. The first-order chi connectivity index (χ1) is 8.38. The molecule has 1 aromatic heterocycles. The molecule has 3 rings (SSSR count). The lowest BCUT2D eigenvalue weighted by Gasteiger charge is -2.23. The summed E-state index contributed by atoms with van der Waals surface area (Å²) in [5, 5.41) is 3.47. The third-order valence-electron chi connectivity index (χ3n) is 3.75. The predicted octanol–water partition coefficient (Wildman–Crippen LogP) is 2.52. The van der Waals surface area contributed by atoms with Gasteiger partial charge < -0.3 is 9.88 Å². The van der Waals surface area contributed by atoms with Crippen molar-refractivity contribution in [2.24, 2.45) is 0 Å². The highest BCUT2D eigenvalue weighted by Gasteiger charge is 2.15. The van der Waals surface area contributed by atoms with Crippen LogP contribution in [0.4, 0.5) is 0 Å². The molecule has 2 heterocycles. The Morgan fingerprint density at radius 3 is 3.18 bits per heavy atom. The monoisotopic (exact) mass is 229 g/mol. The number of piperidine rings is 1. The minimum atomic E-state index is 0.667. The smallest absolute Gasteiger partial charge is 0.0958 e. The summed E-state index contributed by atoms with van der Waals surface area (Å²) in [5.41, 5.74) is 3.82. The molecule has 1 N–H and O–H groups in total. The topological polar surface area (TPSA) is 29.9 Å². The molecule has 1 unspecified atom stereocenters. The molecule has 1 aliphatic heterocycles. The highest BCUT2D eigenvalue weighted by atomic mass is 15.0. The number of fused-ring (bicyclic) bond motifs is 1. The van der Waals surface area contributed by atoms with Crippen LogP contribution in [0.2, 0.25) is 0 Å². The molecule has 0 spiro atoms. The number of aryl methyl sites for hydroxylation is 1. The zero-order valence-corrected chi connectivity index (χ0v) is 10.3. The lowest BCUT2D eigenvalue weighted by Crippen LogP contribution is -2.28. The normalized spacial score (nSPS) is 20.9. The van der Waals surface area contributed by atoms with Crippen molar-refractivity contribution in [1.29, 1.82) is 0 Å². The number of imidazole rings is 1. The Kier molecular flexibility index (Phi) is 2.85. The van der Waals surface area contributed by atoms with E-state index >= 15 is 0 Å². The molecule has 17 heavy (non-hydrogen) atoms. The van der Waals surface area contributed by atoms with E-state index in [1.54, 1.807) is 0 Å². The van der Waals surface area contributed by atoms with Crippen molar-refractivity contribution in [3.63, 3.8) is 0 Å². The molecule has 0 saturated carbocycles. The fourth-order valence-electron chi connectivity index (χ4n) is 2.72. The summed E-state index contributed by atoms with van der Waals surface area (Å²) in [6.45, 7) is 5.42. The van der Waals surface area contributed by atoms with Gasteiger partial charge in [0.1, 0.15) is 0 Å². The second-order valence-corrected chi connectivity index (χ2v) is 4.82. The summed E-state index contributed by atoms with van der Waals surface area (Å²) in [6, 6.07) is 6.75. The van der Waals surface area contributed by atoms with Gasteiger partial charge in [-0.25, -0.2) is 4.98 Å². The Labute approximate surface area is 102 Å². The number of rotatable bonds is 2. The van der Waals surface area contributed by atoms with Crippen LogP contribution in [0.25, 0.3) is 11.0 Å². The lowest BCUT2D eigenvalue weighted by atomic mass is 9.91. The van der Waals surface area contributed by atoms with Crippen molar-refractivity contribution in [1.82, 2.24) is 14.9 Å². The maximum Gasteiger partial charge on any atom is 0.0958 e. The summed E-state index contributed by atoms with van der Waals surface area (Å²) >= 11 is 0. The van der Waals surface area contributed by atoms with E-state index in [0.717, 1.165) is 18.6 Å². The molecule has 0 aliphatic carbocycles. The average molecular weight is 229 g/mol. The SMILES string of the molecule is CCn1cnc2cc(C3CCCNC3)ccc21. The number of hydrogen-bond acceptors (Lipinski definition) is 2. The maximum atomic E-state index is 4.49. The highest BCUT2D eigenvalue weighted by molar-refractivity contribution is 5.76. The fraction of sp³-hybridized carbons (Fsp3) is 0.500. The largest absolute Gasteiger partial charge is 0.331 e. The van der Waals surface area contributed by atoms with Crippen LogP contribution in [0.5, 0.6) is 0 Å². The van der Waals surface area contributed by atoms with Gasteiger partial charge in [0, 0.05) is 13.1 Å². The van der Waals surface area contributed by atoms with E-state index in [0.29, 0.717) is 5.92 Å². The molecule has 3 heteroatoms. The standard InChI is InChI=1S/C14H19N3/c1-2-17-10-16-13-8-11(5-6-14(13)17)12-4-3-7-15-9-12/h5-6,8,10,12,15H,2-4,7,9H2,1H3. The molecule has 1 aromatic carbocycles. The van der Waals surface area contributed by atoms with Gasteiger partial charge in [-0.2, -0.15) is 0 Å². The molecule has 2 aromatic rings. The van der Waals surface area contributed by atoms with Crippen LogP contribution >= 0.6 is 0 Å². The van der Waals surface area contributed by atoms with E-state index in [2.05, 4.69) is 40.0 Å². The Morgan fingerprint density at radius 1 is 1.47 bits per heavy atom.